The van der Waals surface area contributed by atoms with Gasteiger partial charge in [0.15, 0.2) is 0 Å². The zero-order valence-electron chi connectivity index (χ0n) is 11.4. The second-order valence-electron chi connectivity index (χ2n) is 4.61. The van der Waals surface area contributed by atoms with Gasteiger partial charge in [-0.2, -0.15) is 0 Å². The van der Waals surface area contributed by atoms with Crippen LogP contribution in [0.2, 0.25) is 0 Å². The molecule has 0 aliphatic heterocycles. The van der Waals surface area contributed by atoms with E-state index < -0.39 is 0 Å². The normalized spacial score (nSPS) is 10.6. The first kappa shape index (κ1) is 14.0. The molecule has 0 saturated carbocycles. The van der Waals surface area contributed by atoms with Crippen molar-refractivity contribution in [1.29, 1.82) is 0 Å². The number of anilines is 1. The van der Waals surface area contributed by atoms with Gasteiger partial charge in [0.25, 0.3) is 0 Å². The van der Waals surface area contributed by atoms with E-state index in [0.29, 0.717) is 16.9 Å². The lowest BCUT2D eigenvalue weighted by Gasteiger charge is -2.10. The number of benzene rings is 1. The van der Waals surface area contributed by atoms with E-state index in [1.54, 1.807) is 25.3 Å². The number of aromatic hydroxyl groups is 1. The first-order chi connectivity index (χ1) is 9.49. The van der Waals surface area contributed by atoms with Crippen LogP contribution >= 0.6 is 0 Å². The van der Waals surface area contributed by atoms with Gasteiger partial charge in [0.1, 0.15) is 12.3 Å². The molecule has 1 aromatic carbocycles. The fraction of sp³-hybridized carbons (Fsp3) is 0.308. The van der Waals surface area contributed by atoms with Gasteiger partial charge >= 0.3 is 0 Å². The zero-order valence-corrected chi connectivity index (χ0v) is 11.4. The smallest absolute Gasteiger partial charge is 0.246 e. The predicted octanol–water partition coefficient (Wildman–Crippen LogP) is 0.698. The summed E-state index contributed by atoms with van der Waals surface area (Å²) in [4.78, 5) is 11.9. The Hall–Kier alpha value is -2.41. The third-order valence-electron chi connectivity index (χ3n) is 2.92. The van der Waals surface area contributed by atoms with Crippen molar-refractivity contribution in [3.05, 3.63) is 35.2 Å². The van der Waals surface area contributed by atoms with E-state index in [4.69, 9.17) is 5.73 Å². The molecule has 0 aliphatic carbocycles. The number of nitrogens with zero attached hydrogens (tertiary/aromatic N) is 3. The molecule has 0 spiro atoms. The highest BCUT2D eigenvalue weighted by atomic mass is 16.3. The molecule has 1 heterocycles. The van der Waals surface area contributed by atoms with Gasteiger partial charge in [-0.25, -0.2) is 4.68 Å². The quantitative estimate of drug-likeness (QED) is 0.712. The summed E-state index contributed by atoms with van der Waals surface area (Å²) in [5.74, 6) is -0.00368. The lowest BCUT2D eigenvalue weighted by atomic mass is 10.1. The molecule has 0 bridgehead atoms. The summed E-state index contributed by atoms with van der Waals surface area (Å²) in [7, 11) is 0. The summed E-state index contributed by atoms with van der Waals surface area (Å²) in [6.45, 7) is 3.94. The molecule has 0 unspecified atom stereocenters. The van der Waals surface area contributed by atoms with Crippen molar-refractivity contribution in [3.8, 4) is 5.75 Å². The summed E-state index contributed by atoms with van der Waals surface area (Å²) in [5, 5.41) is 20.0. The average molecular weight is 275 g/mol. The van der Waals surface area contributed by atoms with Crippen LogP contribution in [-0.4, -0.2) is 26.0 Å². The maximum absolute atomic E-state index is 11.9. The first-order valence-corrected chi connectivity index (χ1v) is 6.18. The lowest BCUT2D eigenvalue weighted by molar-refractivity contribution is -0.116. The van der Waals surface area contributed by atoms with Gasteiger partial charge in [-0.1, -0.05) is 5.21 Å². The molecule has 7 nitrogen and oxygen atoms in total. The molecule has 2 rings (SSSR count). The van der Waals surface area contributed by atoms with Gasteiger partial charge in [-0.3, -0.25) is 4.79 Å². The zero-order chi connectivity index (χ0) is 14.7. The predicted molar refractivity (Wildman–Crippen MR) is 74.1 cm³/mol. The van der Waals surface area contributed by atoms with E-state index in [-0.39, 0.29) is 24.7 Å². The fourth-order valence-corrected chi connectivity index (χ4v) is 1.78. The number of amides is 1. The number of carbonyl (C=O) groups excluding carboxylic acids is 1. The van der Waals surface area contributed by atoms with Crippen LogP contribution in [0.15, 0.2) is 18.3 Å². The van der Waals surface area contributed by atoms with Crippen LogP contribution < -0.4 is 11.1 Å². The van der Waals surface area contributed by atoms with Crippen LogP contribution in [0.1, 0.15) is 16.8 Å². The lowest BCUT2D eigenvalue weighted by Crippen LogP contribution is -2.19. The van der Waals surface area contributed by atoms with Crippen molar-refractivity contribution in [2.75, 3.05) is 5.32 Å². The minimum absolute atomic E-state index is 0.0619. The Kier molecular flexibility index (Phi) is 3.99. The summed E-state index contributed by atoms with van der Waals surface area (Å²) in [5.41, 5.74) is 8.23. The number of nitrogens with two attached hydrogens (primary N) is 1. The van der Waals surface area contributed by atoms with E-state index in [0.717, 1.165) is 5.56 Å². The highest BCUT2D eigenvalue weighted by Crippen LogP contribution is 2.24. The number of hydrogen-bond donors (Lipinski definition) is 3. The van der Waals surface area contributed by atoms with Crippen LogP contribution in [0.3, 0.4) is 0 Å². The molecule has 0 atom stereocenters. The number of phenolic OH excluding ortho intramolecular Hbond substituents is 1. The Morgan fingerprint density at radius 3 is 2.80 bits per heavy atom. The third-order valence-corrected chi connectivity index (χ3v) is 2.92. The number of aryl methyl sites for hydroxylation is 2. The molecule has 1 aromatic heterocycles. The van der Waals surface area contributed by atoms with E-state index >= 15 is 0 Å². The summed E-state index contributed by atoms with van der Waals surface area (Å²) in [6.07, 6.45) is 1.63. The first-order valence-electron chi connectivity index (χ1n) is 6.18. The fourth-order valence-electron chi connectivity index (χ4n) is 1.78. The Morgan fingerprint density at radius 2 is 2.15 bits per heavy atom. The minimum atomic E-state index is -0.216. The Labute approximate surface area is 116 Å². The number of hydrogen-bond acceptors (Lipinski definition) is 5. The van der Waals surface area contributed by atoms with Gasteiger partial charge < -0.3 is 16.2 Å². The van der Waals surface area contributed by atoms with Crippen LogP contribution in [0, 0.1) is 13.8 Å². The van der Waals surface area contributed by atoms with Gasteiger partial charge in [-0.15, -0.1) is 5.10 Å². The molecular formula is C13H17N5O2. The molecule has 1 amide bonds. The standard InChI is InChI=1S/C13H17N5O2/c1-8-4-12(19)9(2)3-11(8)15-13(20)7-18-6-10(5-14)16-17-18/h3-4,6,19H,5,7,14H2,1-2H3,(H,15,20). The monoisotopic (exact) mass is 275 g/mol. The van der Waals surface area contributed by atoms with Gasteiger partial charge in [0.05, 0.1) is 11.9 Å². The number of phenols is 1. The molecule has 0 saturated heterocycles. The summed E-state index contributed by atoms with van der Waals surface area (Å²) in [6, 6.07) is 3.35. The van der Waals surface area contributed by atoms with Crippen molar-refractivity contribution < 1.29 is 9.90 Å². The van der Waals surface area contributed by atoms with Crippen LogP contribution in [0.5, 0.6) is 5.75 Å². The molecule has 4 N–H and O–H groups in total. The SMILES string of the molecule is Cc1cc(NC(=O)Cn2cc(CN)nn2)c(C)cc1O. The Morgan fingerprint density at radius 1 is 1.40 bits per heavy atom. The van der Waals surface area contributed by atoms with Crippen LogP contribution in [0.25, 0.3) is 0 Å². The molecule has 0 aliphatic rings. The second kappa shape index (κ2) is 5.70. The second-order valence-corrected chi connectivity index (χ2v) is 4.61. The summed E-state index contributed by atoms with van der Waals surface area (Å²) < 4.78 is 1.43. The van der Waals surface area contributed by atoms with E-state index in [2.05, 4.69) is 15.6 Å². The Balaban J connectivity index is 2.06. The average Bonchev–Trinajstić information content (AvgIpc) is 2.83. The number of rotatable bonds is 4. The Bertz CT molecular complexity index is 636. The molecular weight excluding hydrogens is 258 g/mol. The molecule has 7 heteroatoms. The highest BCUT2D eigenvalue weighted by Gasteiger charge is 2.09. The topological polar surface area (TPSA) is 106 Å². The highest BCUT2D eigenvalue weighted by molar-refractivity contribution is 5.91. The van der Waals surface area contributed by atoms with Crippen molar-refractivity contribution >= 4 is 11.6 Å². The molecule has 106 valence electrons. The molecule has 2 aromatic rings. The van der Waals surface area contributed by atoms with Crippen molar-refractivity contribution in [1.82, 2.24) is 15.0 Å². The number of carbonyl (C=O) groups is 1. The van der Waals surface area contributed by atoms with Gasteiger partial charge in [0.2, 0.25) is 5.91 Å². The largest absolute Gasteiger partial charge is 0.508 e. The van der Waals surface area contributed by atoms with Gasteiger partial charge in [-0.05, 0) is 37.1 Å². The maximum Gasteiger partial charge on any atom is 0.246 e. The molecule has 0 radical (unpaired) electrons. The van der Waals surface area contributed by atoms with E-state index in [1.807, 2.05) is 6.92 Å². The van der Waals surface area contributed by atoms with E-state index in [1.165, 1.54) is 4.68 Å². The van der Waals surface area contributed by atoms with Crippen molar-refractivity contribution in [2.45, 2.75) is 26.9 Å². The summed E-state index contributed by atoms with van der Waals surface area (Å²) >= 11 is 0. The van der Waals surface area contributed by atoms with Crippen LogP contribution in [0.4, 0.5) is 5.69 Å². The third kappa shape index (κ3) is 3.12. The van der Waals surface area contributed by atoms with E-state index in [9.17, 15) is 9.90 Å². The molecule has 0 fully saturated rings. The maximum atomic E-state index is 11.9. The molecule has 20 heavy (non-hydrogen) atoms. The number of aromatic nitrogens is 3. The number of nitrogens with one attached hydrogen (secondary N) is 1. The van der Waals surface area contributed by atoms with Crippen molar-refractivity contribution in [3.63, 3.8) is 0 Å². The van der Waals surface area contributed by atoms with Crippen LogP contribution in [-0.2, 0) is 17.9 Å². The minimum Gasteiger partial charge on any atom is -0.508 e. The van der Waals surface area contributed by atoms with Crippen molar-refractivity contribution in [2.24, 2.45) is 5.73 Å². The van der Waals surface area contributed by atoms with Gasteiger partial charge in [0, 0.05) is 12.2 Å².